The van der Waals surface area contributed by atoms with E-state index in [1.807, 2.05) is 48.5 Å². The van der Waals surface area contributed by atoms with Crippen LogP contribution in [0.1, 0.15) is 60.7 Å². The Balaban J connectivity index is 0.000000786. The van der Waals surface area contributed by atoms with Crippen LogP contribution in [0.5, 0.6) is 0 Å². The number of unbranched alkanes of at least 4 members (excludes halogenated alkanes) is 1. The Bertz CT molecular complexity index is 1590. The van der Waals surface area contributed by atoms with E-state index >= 15 is 0 Å². The lowest BCUT2D eigenvalue weighted by molar-refractivity contribution is 0.0696. The summed E-state index contributed by atoms with van der Waals surface area (Å²) in [6, 6.07) is 21.7. The summed E-state index contributed by atoms with van der Waals surface area (Å²) in [6.07, 6.45) is 5.26. The maximum absolute atomic E-state index is 13.0. The van der Waals surface area contributed by atoms with Crippen molar-refractivity contribution in [3.05, 3.63) is 90.1 Å². The third kappa shape index (κ3) is 5.89. The summed E-state index contributed by atoms with van der Waals surface area (Å²) in [5.74, 6) is -0.515. The van der Waals surface area contributed by atoms with E-state index in [2.05, 4.69) is 35.6 Å². The van der Waals surface area contributed by atoms with Crippen LogP contribution in [0.4, 0.5) is 5.69 Å². The van der Waals surface area contributed by atoms with E-state index in [9.17, 15) is 14.7 Å². The summed E-state index contributed by atoms with van der Waals surface area (Å²) < 4.78 is 2.06. The van der Waals surface area contributed by atoms with Crippen LogP contribution in [-0.4, -0.2) is 31.5 Å². The van der Waals surface area contributed by atoms with Gasteiger partial charge >= 0.3 is 5.97 Å². The fraction of sp³-hybridized carbons (Fsp3) is 0.226. The molecule has 0 unspecified atom stereocenters. The maximum atomic E-state index is 13.0. The molecule has 0 bridgehead atoms. The van der Waals surface area contributed by atoms with Crippen LogP contribution in [0.25, 0.3) is 33.3 Å². The van der Waals surface area contributed by atoms with E-state index < -0.39 is 5.97 Å². The van der Waals surface area contributed by atoms with Gasteiger partial charge in [0.25, 0.3) is 5.91 Å². The number of hydrogen-bond acceptors (Lipinski definition) is 4. The highest BCUT2D eigenvalue weighted by molar-refractivity contribution is 6.05. The Morgan fingerprint density at radius 3 is 2.39 bits per heavy atom. The summed E-state index contributed by atoms with van der Waals surface area (Å²) in [5.41, 5.74) is 4.52. The third-order valence-corrected chi connectivity index (χ3v) is 6.19. The second-order valence-electron chi connectivity index (χ2n) is 9.04. The molecular formula is C31H32N4O3. The van der Waals surface area contributed by atoms with Gasteiger partial charge in [-0.3, -0.25) is 9.78 Å². The molecule has 2 aromatic heterocycles. The fourth-order valence-corrected chi connectivity index (χ4v) is 4.09. The lowest BCUT2D eigenvalue weighted by Crippen LogP contribution is -2.12. The van der Waals surface area contributed by atoms with E-state index in [4.69, 9.17) is 4.98 Å². The molecule has 7 heteroatoms. The van der Waals surface area contributed by atoms with Crippen molar-refractivity contribution in [3.8, 4) is 11.4 Å². The monoisotopic (exact) mass is 508 g/mol. The summed E-state index contributed by atoms with van der Waals surface area (Å²) in [4.78, 5) is 33.4. The molecular weight excluding hydrogens is 476 g/mol. The lowest BCUT2D eigenvalue weighted by atomic mass is 10.1. The molecule has 0 aliphatic heterocycles. The number of rotatable bonds is 7. The van der Waals surface area contributed by atoms with Gasteiger partial charge in [-0.2, -0.15) is 0 Å². The topological polar surface area (TPSA) is 97.1 Å². The molecule has 0 saturated carbocycles. The van der Waals surface area contributed by atoms with Crippen LogP contribution < -0.4 is 5.32 Å². The molecule has 38 heavy (non-hydrogen) atoms. The molecule has 0 spiro atoms. The molecule has 2 N–H and O–H groups in total. The minimum absolute atomic E-state index is 0.193. The first kappa shape index (κ1) is 26.5. The van der Waals surface area contributed by atoms with E-state index in [1.165, 1.54) is 12.8 Å². The van der Waals surface area contributed by atoms with Crippen LogP contribution >= 0.6 is 0 Å². The summed E-state index contributed by atoms with van der Waals surface area (Å²) >= 11 is 0. The minimum Gasteiger partial charge on any atom is -0.478 e. The van der Waals surface area contributed by atoms with Crippen molar-refractivity contribution < 1.29 is 14.7 Å². The predicted octanol–water partition coefficient (Wildman–Crippen LogP) is 7.42. The van der Waals surface area contributed by atoms with Gasteiger partial charge in [-0.15, -0.1) is 0 Å². The van der Waals surface area contributed by atoms with E-state index in [-0.39, 0.29) is 11.5 Å². The van der Waals surface area contributed by atoms with Crippen molar-refractivity contribution in [2.24, 2.45) is 0 Å². The number of imidazole rings is 1. The highest BCUT2D eigenvalue weighted by Crippen LogP contribution is 2.27. The second-order valence-corrected chi connectivity index (χ2v) is 9.04. The quantitative estimate of drug-likeness (QED) is 0.238. The molecule has 0 fully saturated rings. The van der Waals surface area contributed by atoms with Crippen LogP contribution in [0.15, 0.2) is 79.0 Å². The van der Waals surface area contributed by atoms with Gasteiger partial charge in [0.05, 0.1) is 22.1 Å². The first-order valence-electron chi connectivity index (χ1n) is 12.9. The molecule has 5 aromatic rings. The number of pyridine rings is 1. The van der Waals surface area contributed by atoms with Crippen molar-refractivity contribution in [1.29, 1.82) is 0 Å². The number of aromatic carboxylic acids is 1. The zero-order valence-electron chi connectivity index (χ0n) is 21.9. The van der Waals surface area contributed by atoms with Gasteiger partial charge in [0.1, 0.15) is 5.82 Å². The first-order valence-corrected chi connectivity index (χ1v) is 12.9. The average molecular weight is 509 g/mol. The van der Waals surface area contributed by atoms with Crippen molar-refractivity contribution in [1.82, 2.24) is 14.5 Å². The Morgan fingerprint density at radius 1 is 0.842 bits per heavy atom. The molecule has 3 aromatic carbocycles. The number of carbonyl (C=O) groups excluding carboxylic acids is 1. The number of amides is 1. The van der Waals surface area contributed by atoms with Crippen LogP contribution in [0, 0.1) is 0 Å². The summed E-state index contributed by atoms with van der Waals surface area (Å²) in [6.45, 7) is 7.16. The average Bonchev–Trinajstić information content (AvgIpc) is 3.31. The number of aryl methyl sites for hydroxylation is 1. The molecule has 2 heterocycles. The molecule has 0 aliphatic rings. The fourth-order valence-electron chi connectivity index (χ4n) is 4.09. The molecule has 194 valence electrons. The minimum atomic E-state index is -0.989. The number of nitrogens with zero attached hydrogens (tertiary/aromatic N) is 3. The Hall–Kier alpha value is -4.52. The van der Waals surface area contributed by atoms with Crippen LogP contribution in [0.3, 0.4) is 0 Å². The molecule has 0 atom stereocenters. The largest absolute Gasteiger partial charge is 0.478 e. The zero-order chi connectivity index (χ0) is 27.1. The highest BCUT2D eigenvalue weighted by Gasteiger charge is 2.16. The number of hydrogen-bond donors (Lipinski definition) is 2. The van der Waals surface area contributed by atoms with Crippen molar-refractivity contribution in [3.63, 3.8) is 0 Å². The van der Waals surface area contributed by atoms with Crippen LogP contribution in [-0.2, 0) is 6.54 Å². The Kier molecular flexibility index (Phi) is 8.48. The van der Waals surface area contributed by atoms with Gasteiger partial charge in [-0.25, -0.2) is 9.78 Å². The number of nitrogens with one attached hydrogen (secondary N) is 1. The first-order chi connectivity index (χ1) is 18.4. The third-order valence-electron chi connectivity index (χ3n) is 6.19. The molecule has 1 amide bonds. The number of anilines is 1. The number of aromatic nitrogens is 3. The van der Waals surface area contributed by atoms with Gasteiger partial charge in [-0.1, -0.05) is 51.8 Å². The van der Waals surface area contributed by atoms with Gasteiger partial charge in [0.15, 0.2) is 0 Å². The highest BCUT2D eigenvalue weighted by atomic mass is 16.4. The molecule has 0 saturated heterocycles. The van der Waals surface area contributed by atoms with E-state index in [0.717, 1.165) is 34.9 Å². The number of carbonyl (C=O) groups is 2. The van der Waals surface area contributed by atoms with Gasteiger partial charge < -0.3 is 15.0 Å². The Morgan fingerprint density at radius 2 is 1.66 bits per heavy atom. The SMILES string of the molecule is CCCC.CCCn1c(-c2cccc(C(=O)Nc3ccc4ncccc4c3)c2)nc2cc(C(=O)O)ccc21. The maximum Gasteiger partial charge on any atom is 0.335 e. The van der Waals surface area contributed by atoms with Gasteiger partial charge in [-0.05, 0) is 61.0 Å². The lowest BCUT2D eigenvalue weighted by Gasteiger charge is -2.10. The molecule has 5 rings (SSSR count). The van der Waals surface area contributed by atoms with Gasteiger partial charge in [0.2, 0.25) is 0 Å². The smallest absolute Gasteiger partial charge is 0.335 e. The number of fused-ring (bicyclic) bond motifs is 2. The molecule has 0 radical (unpaired) electrons. The number of carboxylic acids is 1. The zero-order valence-corrected chi connectivity index (χ0v) is 21.9. The second kappa shape index (κ2) is 12.1. The van der Waals surface area contributed by atoms with Crippen molar-refractivity contribution >= 4 is 39.5 Å². The number of carboxylic acid groups (broad SMARTS) is 1. The summed E-state index contributed by atoms with van der Waals surface area (Å²) in [5, 5.41) is 13.2. The normalized spacial score (nSPS) is 10.7. The van der Waals surface area contributed by atoms with Gasteiger partial charge in [0, 0.05) is 34.9 Å². The standard InChI is InChI=1S/C27H22N4O3.C4H10/c1-2-13-31-24-11-8-20(27(33)34)16-23(24)30-25(31)18-5-3-6-19(14-18)26(32)29-21-9-10-22-17(15-21)7-4-12-28-22;1-3-4-2/h3-12,14-16H,2,13H2,1H3,(H,29,32)(H,33,34);3-4H2,1-2H3. The van der Waals surface area contributed by atoms with Crippen molar-refractivity contribution in [2.45, 2.75) is 46.6 Å². The number of benzene rings is 3. The van der Waals surface area contributed by atoms with Crippen molar-refractivity contribution in [2.75, 3.05) is 5.32 Å². The van der Waals surface area contributed by atoms with Crippen LogP contribution in [0.2, 0.25) is 0 Å². The molecule has 7 nitrogen and oxygen atoms in total. The van der Waals surface area contributed by atoms with E-state index in [0.29, 0.717) is 22.6 Å². The predicted molar refractivity (Wildman–Crippen MR) is 153 cm³/mol. The molecule has 0 aliphatic carbocycles. The van der Waals surface area contributed by atoms with E-state index in [1.54, 1.807) is 30.5 Å². The summed E-state index contributed by atoms with van der Waals surface area (Å²) in [7, 11) is 0. The Labute approximate surface area is 222 Å².